The predicted octanol–water partition coefficient (Wildman–Crippen LogP) is 4.22. The van der Waals surface area contributed by atoms with Gasteiger partial charge in [0.25, 0.3) is 0 Å². The van der Waals surface area contributed by atoms with Crippen molar-refractivity contribution in [1.82, 2.24) is 5.32 Å². The summed E-state index contributed by atoms with van der Waals surface area (Å²) in [6.45, 7) is 2.79. The minimum atomic E-state index is 0.762. The van der Waals surface area contributed by atoms with Crippen molar-refractivity contribution < 1.29 is 0 Å². The second kappa shape index (κ2) is 9.36. The molecule has 1 aliphatic rings. The van der Waals surface area contributed by atoms with Gasteiger partial charge in [0.2, 0.25) is 0 Å². The largest absolute Gasteiger partial charge is 0.402 e. The van der Waals surface area contributed by atoms with E-state index >= 15 is 0 Å². The molecule has 0 radical (unpaired) electrons. The molecule has 23 heavy (non-hydrogen) atoms. The van der Waals surface area contributed by atoms with E-state index < -0.39 is 0 Å². The SMILES string of the molecule is C/C=C(\C=C/CNC1=C/C=C(/N)CC/C=C\1)Nc1ccccc1. The second-order valence-electron chi connectivity index (χ2n) is 5.32. The number of anilines is 1. The summed E-state index contributed by atoms with van der Waals surface area (Å²) in [6, 6.07) is 10.2. The summed E-state index contributed by atoms with van der Waals surface area (Å²) in [5, 5.41) is 6.77. The van der Waals surface area contributed by atoms with E-state index in [0.29, 0.717) is 0 Å². The average molecular weight is 307 g/mol. The van der Waals surface area contributed by atoms with Crippen LogP contribution in [0.25, 0.3) is 0 Å². The Morgan fingerprint density at radius 1 is 1.22 bits per heavy atom. The van der Waals surface area contributed by atoms with Crippen LogP contribution in [0.15, 0.2) is 90.0 Å². The van der Waals surface area contributed by atoms with Crippen molar-refractivity contribution in [1.29, 1.82) is 0 Å². The van der Waals surface area contributed by atoms with Gasteiger partial charge in [-0.1, -0.05) is 36.4 Å². The third-order valence-corrected chi connectivity index (χ3v) is 3.47. The molecule has 0 unspecified atom stereocenters. The van der Waals surface area contributed by atoms with Gasteiger partial charge in [0.1, 0.15) is 0 Å². The number of hydrogen-bond donors (Lipinski definition) is 3. The maximum absolute atomic E-state index is 5.88. The van der Waals surface area contributed by atoms with Crippen molar-refractivity contribution in [3.8, 4) is 0 Å². The Labute approximate surface area is 139 Å². The van der Waals surface area contributed by atoms with Crippen LogP contribution in [0.2, 0.25) is 0 Å². The number of allylic oxidation sites excluding steroid dienone is 7. The monoisotopic (exact) mass is 307 g/mol. The summed E-state index contributed by atoms with van der Waals surface area (Å²) in [4.78, 5) is 0. The van der Waals surface area contributed by atoms with Crippen molar-refractivity contribution in [2.75, 3.05) is 11.9 Å². The zero-order valence-corrected chi connectivity index (χ0v) is 13.6. The first-order valence-electron chi connectivity index (χ1n) is 7.99. The van der Waals surface area contributed by atoms with Gasteiger partial charge in [0.05, 0.1) is 0 Å². The van der Waals surface area contributed by atoms with Gasteiger partial charge in [-0.05, 0) is 56.2 Å². The fourth-order valence-electron chi connectivity index (χ4n) is 2.17. The van der Waals surface area contributed by atoms with Gasteiger partial charge in [-0.3, -0.25) is 0 Å². The molecule has 1 aliphatic carbocycles. The quantitative estimate of drug-likeness (QED) is 0.690. The van der Waals surface area contributed by atoms with Crippen molar-refractivity contribution in [2.45, 2.75) is 19.8 Å². The third-order valence-electron chi connectivity index (χ3n) is 3.47. The summed E-state index contributed by atoms with van der Waals surface area (Å²) in [5.41, 5.74) is 10.0. The Hall–Kier alpha value is -2.68. The highest BCUT2D eigenvalue weighted by Crippen LogP contribution is 2.10. The Bertz CT molecular complexity index is 634. The molecule has 0 saturated heterocycles. The van der Waals surface area contributed by atoms with E-state index in [-0.39, 0.29) is 0 Å². The van der Waals surface area contributed by atoms with Crippen LogP contribution in [0.1, 0.15) is 19.8 Å². The lowest BCUT2D eigenvalue weighted by atomic mass is 10.1. The summed E-state index contributed by atoms with van der Waals surface area (Å²) in [7, 11) is 0. The van der Waals surface area contributed by atoms with E-state index in [0.717, 1.165) is 42.2 Å². The normalized spacial score (nSPS) is 21.5. The van der Waals surface area contributed by atoms with Gasteiger partial charge in [-0.15, -0.1) is 0 Å². The number of hydrogen-bond acceptors (Lipinski definition) is 3. The molecule has 0 heterocycles. The third kappa shape index (κ3) is 6.30. The molecule has 0 aromatic heterocycles. The molecule has 4 N–H and O–H groups in total. The highest BCUT2D eigenvalue weighted by molar-refractivity contribution is 5.50. The lowest BCUT2D eigenvalue weighted by molar-refractivity contribution is 0.910. The van der Waals surface area contributed by atoms with Gasteiger partial charge in [-0.25, -0.2) is 0 Å². The predicted molar refractivity (Wildman–Crippen MR) is 99.7 cm³/mol. The Morgan fingerprint density at radius 3 is 2.83 bits per heavy atom. The van der Waals surface area contributed by atoms with Crippen molar-refractivity contribution >= 4 is 5.69 Å². The van der Waals surface area contributed by atoms with E-state index in [1.54, 1.807) is 0 Å². The number of benzene rings is 1. The number of rotatable bonds is 6. The first-order valence-corrected chi connectivity index (χ1v) is 7.99. The number of nitrogens with two attached hydrogens (primary N) is 1. The number of para-hydroxylation sites is 1. The maximum atomic E-state index is 5.88. The minimum absolute atomic E-state index is 0.762. The Balaban J connectivity index is 1.85. The Kier molecular flexibility index (Phi) is 6.79. The first kappa shape index (κ1) is 16.7. The molecule has 3 heteroatoms. The van der Waals surface area contributed by atoms with Crippen LogP contribution in [0, 0.1) is 0 Å². The first-order chi connectivity index (χ1) is 11.3. The average Bonchev–Trinajstić information content (AvgIpc) is 2.57. The fourth-order valence-corrected chi connectivity index (χ4v) is 2.17. The number of nitrogens with one attached hydrogen (secondary N) is 2. The van der Waals surface area contributed by atoms with Gasteiger partial charge >= 0.3 is 0 Å². The van der Waals surface area contributed by atoms with Crippen LogP contribution < -0.4 is 16.4 Å². The zero-order valence-electron chi connectivity index (χ0n) is 13.6. The lowest BCUT2D eigenvalue weighted by Gasteiger charge is -2.08. The molecular weight excluding hydrogens is 282 g/mol. The van der Waals surface area contributed by atoms with E-state index in [9.17, 15) is 0 Å². The fraction of sp³-hybridized carbons (Fsp3) is 0.200. The van der Waals surface area contributed by atoms with Gasteiger partial charge < -0.3 is 16.4 Å². The van der Waals surface area contributed by atoms with Crippen molar-refractivity contribution in [3.05, 3.63) is 90.0 Å². The van der Waals surface area contributed by atoms with E-state index in [1.165, 1.54) is 0 Å². The summed E-state index contributed by atoms with van der Waals surface area (Å²) >= 11 is 0. The van der Waals surface area contributed by atoms with Gasteiger partial charge in [-0.2, -0.15) is 0 Å². The smallest absolute Gasteiger partial charge is 0.0384 e. The van der Waals surface area contributed by atoms with Gasteiger partial charge in [0, 0.05) is 29.3 Å². The molecule has 0 atom stereocenters. The van der Waals surface area contributed by atoms with E-state index in [2.05, 4.69) is 53.1 Å². The van der Waals surface area contributed by atoms with Crippen LogP contribution in [0.3, 0.4) is 0 Å². The van der Waals surface area contributed by atoms with Crippen LogP contribution in [-0.4, -0.2) is 6.54 Å². The topological polar surface area (TPSA) is 50.1 Å². The van der Waals surface area contributed by atoms with E-state index in [1.807, 2.05) is 37.3 Å². The highest BCUT2D eigenvalue weighted by Gasteiger charge is 1.95. The molecular formula is C20H25N3. The van der Waals surface area contributed by atoms with Crippen LogP contribution in [-0.2, 0) is 0 Å². The molecule has 3 nitrogen and oxygen atoms in total. The molecule has 0 spiro atoms. The van der Waals surface area contributed by atoms with E-state index in [4.69, 9.17) is 5.73 Å². The summed E-state index contributed by atoms with van der Waals surface area (Å²) < 4.78 is 0. The molecule has 1 aromatic rings. The molecule has 0 bridgehead atoms. The summed E-state index contributed by atoms with van der Waals surface area (Å²) in [6.07, 6.45) is 16.4. The zero-order chi connectivity index (χ0) is 16.3. The lowest BCUT2D eigenvalue weighted by Crippen LogP contribution is -2.12. The van der Waals surface area contributed by atoms with Crippen LogP contribution >= 0.6 is 0 Å². The standard InChI is InChI=1S/C20H25N3/c1-2-18(23-20-11-4-3-5-12-20)13-8-16-22-19-10-7-6-9-17(21)14-15-19/h2-5,7-8,10-15,22-23H,6,9,16,21H2,1H3/b10-7-,13-8-,17-14+,18-2+,19-15+. The second-order valence-corrected chi connectivity index (χ2v) is 5.32. The molecule has 0 saturated carbocycles. The molecule has 0 aliphatic heterocycles. The molecule has 120 valence electrons. The molecule has 0 fully saturated rings. The Morgan fingerprint density at radius 2 is 2.04 bits per heavy atom. The molecule has 2 rings (SSSR count). The van der Waals surface area contributed by atoms with Crippen molar-refractivity contribution in [3.63, 3.8) is 0 Å². The highest BCUT2D eigenvalue weighted by atomic mass is 14.9. The van der Waals surface area contributed by atoms with Crippen LogP contribution in [0.5, 0.6) is 0 Å². The van der Waals surface area contributed by atoms with Crippen molar-refractivity contribution in [2.24, 2.45) is 5.73 Å². The minimum Gasteiger partial charge on any atom is -0.402 e. The molecule has 1 aromatic carbocycles. The summed E-state index contributed by atoms with van der Waals surface area (Å²) in [5.74, 6) is 0. The maximum Gasteiger partial charge on any atom is 0.0384 e. The molecule has 0 amide bonds. The van der Waals surface area contributed by atoms with Crippen LogP contribution in [0.4, 0.5) is 5.69 Å². The van der Waals surface area contributed by atoms with Gasteiger partial charge in [0.15, 0.2) is 0 Å².